The smallest absolute Gasteiger partial charge is 0.366 e. The lowest BCUT2D eigenvalue weighted by Crippen LogP contribution is -2.55. The third-order valence-corrected chi connectivity index (χ3v) is 4.66. The predicted octanol–water partition coefficient (Wildman–Crippen LogP) is 1.94. The molecule has 0 bridgehead atoms. The number of ether oxygens (including phenoxy) is 1. The van der Waals surface area contributed by atoms with E-state index in [4.69, 9.17) is 4.74 Å². The minimum atomic E-state index is -1.18. The molecule has 0 saturated heterocycles. The Balaban J connectivity index is 1.84. The molecule has 1 saturated carbocycles. The summed E-state index contributed by atoms with van der Waals surface area (Å²) in [5.41, 5.74) is -1.18. The highest BCUT2D eigenvalue weighted by Crippen LogP contribution is 2.37. The number of carbonyl (C=O) groups is 2. The predicted molar refractivity (Wildman–Crippen MR) is 93.0 cm³/mol. The van der Waals surface area contributed by atoms with Crippen molar-refractivity contribution in [3.8, 4) is 5.75 Å². The van der Waals surface area contributed by atoms with Gasteiger partial charge in [0.05, 0.1) is 0 Å². The molecule has 3 rings (SSSR count). The Labute approximate surface area is 150 Å². The fraction of sp³-hybridized carbons (Fsp3) is 0.588. The van der Waals surface area contributed by atoms with Crippen LogP contribution in [0.15, 0.2) is 12.1 Å². The Morgan fingerprint density at radius 1 is 1.38 bits per heavy atom. The van der Waals surface area contributed by atoms with E-state index < -0.39 is 22.2 Å². The largest absolute Gasteiger partial charge is 0.472 e. The molecule has 0 spiro atoms. The van der Waals surface area contributed by atoms with Crippen molar-refractivity contribution in [2.75, 3.05) is 11.4 Å². The first-order chi connectivity index (χ1) is 12.3. The molecule has 140 valence electrons. The highest BCUT2D eigenvalue weighted by Gasteiger charge is 2.45. The lowest BCUT2D eigenvalue weighted by Gasteiger charge is -2.35. The molecule has 0 atom stereocenters. The quantitative estimate of drug-likeness (QED) is 0.646. The van der Waals surface area contributed by atoms with Crippen molar-refractivity contribution in [3.05, 3.63) is 22.2 Å². The van der Waals surface area contributed by atoms with Crippen molar-refractivity contribution in [2.45, 2.75) is 57.6 Å². The van der Waals surface area contributed by atoms with Gasteiger partial charge < -0.3 is 20.2 Å². The van der Waals surface area contributed by atoms with E-state index in [0.29, 0.717) is 0 Å². The van der Waals surface area contributed by atoms with Crippen LogP contribution >= 0.6 is 0 Å². The van der Waals surface area contributed by atoms with Gasteiger partial charge >= 0.3 is 5.82 Å². The van der Waals surface area contributed by atoms with E-state index in [9.17, 15) is 19.7 Å². The number of nitro groups is 1. The van der Waals surface area contributed by atoms with Gasteiger partial charge in [-0.3, -0.25) is 14.5 Å². The van der Waals surface area contributed by atoms with Crippen molar-refractivity contribution >= 4 is 23.5 Å². The van der Waals surface area contributed by atoms with Gasteiger partial charge in [-0.05, 0) is 42.7 Å². The number of carbonyl (C=O) groups excluding carboxylic acids is 2. The van der Waals surface area contributed by atoms with Crippen LogP contribution < -0.4 is 15.0 Å². The molecule has 26 heavy (non-hydrogen) atoms. The molecule has 2 aliphatic rings. The SMILES string of the molecule is CC1(C)Oc2ccc([N+](=O)[O-])nc2N(CC(=O)NC2CCCCC2)C1=O. The first kappa shape index (κ1) is 18.1. The van der Waals surface area contributed by atoms with E-state index in [-0.39, 0.29) is 30.1 Å². The summed E-state index contributed by atoms with van der Waals surface area (Å²) in [5.74, 6) is -0.926. The number of pyridine rings is 1. The third-order valence-electron chi connectivity index (χ3n) is 4.66. The zero-order valence-electron chi connectivity index (χ0n) is 14.9. The van der Waals surface area contributed by atoms with Crippen LogP contribution in [0.25, 0.3) is 0 Å². The van der Waals surface area contributed by atoms with Crippen LogP contribution in [-0.4, -0.2) is 39.9 Å². The average molecular weight is 362 g/mol. The molecule has 2 amide bonds. The summed E-state index contributed by atoms with van der Waals surface area (Å²) < 4.78 is 5.62. The zero-order chi connectivity index (χ0) is 18.9. The Bertz CT molecular complexity index is 743. The van der Waals surface area contributed by atoms with Crippen molar-refractivity contribution in [1.82, 2.24) is 10.3 Å². The molecular weight excluding hydrogens is 340 g/mol. The average Bonchev–Trinajstić information content (AvgIpc) is 2.59. The summed E-state index contributed by atoms with van der Waals surface area (Å²) in [6, 6.07) is 2.73. The van der Waals surface area contributed by atoms with Gasteiger partial charge in [-0.25, -0.2) is 0 Å². The van der Waals surface area contributed by atoms with Gasteiger partial charge in [-0.2, -0.15) is 0 Å². The summed E-state index contributed by atoms with van der Waals surface area (Å²) >= 11 is 0. The third kappa shape index (κ3) is 3.61. The van der Waals surface area contributed by atoms with Crippen molar-refractivity contribution in [1.29, 1.82) is 0 Å². The standard InChI is InChI=1S/C17H22N4O5/c1-17(2)16(23)20(10-14(22)18-11-6-4-3-5-7-11)15-12(26-17)8-9-13(19-15)21(24)25/h8-9,11H,3-7,10H2,1-2H3,(H,18,22). The van der Waals surface area contributed by atoms with Crippen LogP contribution in [0.5, 0.6) is 5.75 Å². The van der Waals surface area contributed by atoms with Gasteiger partial charge in [0.1, 0.15) is 6.54 Å². The highest BCUT2D eigenvalue weighted by atomic mass is 16.6. The minimum Gasteiger partial charge on any atom is -0.472 e. The van der Waals surface area contributed by atoms with Crippen LogP contribution in [0.1, 0.15) is 46.0 Å². The van der Waals surface area contributed by atoms with Crippen LogP contribution in [0.4, 0.5) is 11.6 Å². The van der Waals surface area contributed by atoms with E-state index in [2.05, 4.69) is 10.3 Å². The lowest BCUT2D eigenvalue weighted by atomic mass is 9.95. The molecule has 0 radical (unpaired) electrons. The first-order valence-electron chi connectivity index (χ1n) is 8.74. The Morgan fingerprint density at radius 2 is 2.08 bits per heavy atom. The number of nitrogens with one attached hydrogen (secondary N) is 1. The summed E-state index contributed by atoms with van der Waals surface area (Å²) in [6.45, 7) is 2.93. The molecule has 9 heteroatoms. The van der Waals surface area contributed by atoms with Crippen LogP contribution in [0, 0.1) is 10.1 Å². The topological polar surface area (TPSA) is 115 Å². The number of nitrogens with zero attached hydrogens (tertiary/aromatic N) is 3. The molecular formula is C17H22N4O5. The minimum absolute atomic E-state index is 0.00215. The lowest BCUT2D eigenvalue weighted by molar-refractivity contribution is -0.389. The number of amides is 2. The maximum absolute atomic E-state index is 12.7. The molecule has 2 heterocycles. The normalized spacial score (nSPS) is 19.5. The van der Waals surface area contributed by atoms with Crippen LogP contribution in [0.2, 0.25) is 0 Å². The second kappa shape index (κ2) is 6.89. The van der Waals surface area contributed by atoms with Crippen LogP contribution in [0.3, 0.4) is 0 Å². The van der Waals surface area contributed by atoms with E-state index in [1.807, 2.05) is 0 Å². The van der Waals surface area contributed by atoms with Crippen molar-refractivity contribution in [2.24, 2.45) is 0 Å². The van der Waals surface area contributed by atoms with Gasteiger partial charge in [0.15, 0.2) is 11.4 Å². The number of hydrogen-bond acceptors (Lipinski definition) is 6. The van der Waals surface area contributed by atoms with E-state index in [1.165, 1.54) is 23.5 Å². The fourth-order valence-electron chi connectivity index (χ4n) is 3.35. The molecule has 1 aromatic heterocycles. The molecule has 9 nitrogen and oxygen atoms in total. The second-order valence-electron chi connectivity index (χ2n) is 7.15. The summed E-state index contributed by atoms with van der Waals surface area (Å²) in [4.78, 5) is 40.6. The molecule has 1 N–H and O–H groups in total. The number of hydrogen-bond donors (Lipinski definition) is 1. The second-order valence-corrected chi connectivity index (χ2v) is 7.15. The van der Waals surface area contributed by atoms with Crippen LogP contribution in [-0.2, 0) is 9.59 Å². The molecule has 1 aromatic rings. The fourth-order valence-corrected chi connectivity index (χ4v) is 3.35. The number of aromatic nitrogens is 1. The Kier molecular flexibility index (Phi) is 4.80. The Hall–Kier alpha value is -2.71. The molecule has 0 aromatic carbocycles. The van der Waals surface area contributed by atoms with Gasteiger partial charge in [-0.15, -0.1) is 0 Å². The van der Waals surface area contributed by atoms with Crippen molar-refractivity contribution in [3.63, 3.8) is 0 Å². The van der Waals surface area contributed by atoms with Gasteiger partial charge in [-0.1, -0.05) is 19.3 Å². The van der Waals surface area contributed by atoms with Gasteiger partial charge in [0, 0.05) is 12.1 Å². The molecule has 0 unspecified atom stereocenters. The Morgan fingerprint density at radius 3 is 2.73 bits per heavy atom. The van der Waals surface area contributed by atoms with E-state index in [0.717, 1.165) is 25.7 Å². The van der Waals surface area contributed by atoms with E-state index >= 15 is 0 Å². The highest BCUT2D eigenvalue weighted by molar-refractivity contribution is 6.05. The van der Waals surface area contributed by atoms with Gasteiger partial charge in [0.2, 0.25) is 5.91 Å². The van der Waals surface area contributed by atoms with Crippen molar-refractivity contribution < 1.29 is 19.2 Å². The zero-order valence-corrected chi connectivity index (χ0v) is 14.9. The number of fused-ring (bicyclic) bond motifs is 1. The van der Waals surface area contributed by atoms with Gasteiger partial charge in [0.25, 0.3) is 11.7 Å². The summed E-state index contributed by atoms with van der Waals surface area (Å²) in [6.07, 6.45) is 5.17. The maximum atomic E-state index is 12.7. The molecule has 1 aliphatic carbocycles. The maximum Gasteiger partial charge on any atom is 0.366 e. The first-order valence-corrected chi connectivity index (χ1v) is 8.74. The molecule has 1 aliphatic heterocycles. The summed E-state index contributed by atoms with van der Waals surface area (Å²) in [5, 5.41) is 14.0. The number of rotatable bonds is 4. The summed E-state index contributed by atoms with van der Waals surface area (Å²) in [7, 11) is 0. The monoisotopic (exact) mass is 362 g/mol. The van der Waals surface area contributed by atoms with E-state index in [1.54, 1.807) is 13.8 Å². The number of anilines is 1. The molecule has 1 fully saturated rings.